The van der Waals surface area contributed by atoms with E-state index in [4.69, 9.17) is 5.73 Å². The molecular weight excluding hydrogens is 252 g/mol. The van der Waals surface area contributed by atoms with Crippen molar-refractivity contribution in [2.75, 3.05) is 19.3 Å². The number of ketones is 1. The SMILES string of the molecule is CC(N)C(C)C(=O)CC1CCCN(S(C)(=O)=O)C1. The second-order valence-electron chi connectivity index (χ2n) is 5.45. The summed E-state index contributed by atoms with van der Waals surface area (Å²) in [5, 5.41) is 0. The Morgan fingerprint density at radius 1 is 1.44 bits per heavy atom. The first kappa shape index (κ1) is 15.6. The number of Topliss-reactive ketones (excluding diaryl/α,β-unsaturated/α-hetero) is 1. The Morgan fingerprint density at radius 3 is 2.56 bits per heavy atom. The summed E-state index contributed by atoms with van der Waals surface area (Å²) in [6.45, 7) is 4.71. The van der Waals surface area contributed by atoms with Crippen LogP contribution in [-0.2, 0) is 14.8 Å². The van der Waals surface area contributed by atoms with Crippen LogP contribution >= 0.6 is 0 Å². The molecule has 0 radical (unpaired) electrons. The molecule has 0 amide bonds. The minimum atomic E-state index is -3.13. The molecule has 0 bridgehead atoms. The highest BCUT2D eigenvalue weighted by atomic mass is 32.2. The van der Waals surface area contributed by atoms with Crippen LogP contribution in [0.2, 0.25) is 0 Å². The van der Waals surface area contributed by atoms with Crippen LogP contribution in [0.1, 0.15) is 33.1 Å². The summed E-state index contributed by atoms with van der Waals surface area (Å²) in [5.41, 5.74) is 5.71. The number of sulfonamides is 1. The summed E-state index contributed by atoms with van der Waals surface area (Å²) in [7, 11) is -3.13. The highest BCUT2D eigenvalue weighted by Gasteiger charge is 2.28. The highest BCUT2D eigenvalue weighted by Crippen LogP contribution is 2.23. The number of carbonyl (C=O) groups excluding carboxylic acids is 1. The molecule has 0 aromatic heterocycles. The molecule has 0 saturated carbocycles. The van der Waals surface area contributed by atoms with Crippen LogP contribution in [-0.4, -0.2) is 43.9 Å². The van der Waals surface area contributed by atoms with E-state index in [0.717, 1.165) is 12.8 Å². The fourth-order valence-corrected chi connectivity index (χ4v) is 3.20. The van der Waals surface area contributed by atoms with Crippen molar-refractivity contribution in [3.63, 3.8) is 0 Å². The zero-order chi connectivity index (χ0) is 13.9. The van der Waals surface area contributed by atoms with Crippen molar-refractivity contribution < 1.29 is 13.2 Å². The van der Waals surface area contributed by atoms with Gasteiger partial charge in [-0.05, 0) is 25.7 Å². The van der Waals surface area contributed by atoms with Crippen LogP contribution in [0, 0.1) is 11.8 Å². The summed E-state index contributed by atoms with van der Waals surface area (Å²) in [6.07, 6.45) is 3.41. The zero-order valence-corrected chi connectivity index (χ0v) is 12.2. The topological polar surface area (TPSA) is 80.5 Å². The van der Waals surface area contributed by atoms with Crippen molar-refractivity contribution in [2.45, 2.75) is 39.2 Å². The molecule has 0 spiro atoms. The van der Waals surface area contributed by atoms with Gasteiger partial charge in [0.2, 0.25) is 10.0 Å². The molecule has 1 heterocycles. The molecule has 0 aliphatic carbocycles. The molecule has 6 heteroatoms. The van der Waals surface area contributed by atoms with E-state index in [0.29, 0.717) is 19.5 Å². The Balaban J connectivity index is 2.56. The first-order valence-corrected chi connectivity index (χ1v) is 8.30. The van der Waals surface area contributed by atoms with Crippen LogP contribution < -0.4 is 5.73 Å². The Kier molecular flexibility index (Phi) is 5.31. The van der Waals surface area contributed by atoms with Gasteiger partial charge >= 0.3 is 0 Å². The molecule has 0 aromatic rings. The lowest BCUT2D eigenvalue weighted by molar-refractivity contribution is -0.124. The standard InChI is InChI=1S/C12H24N2O3S/c1-9(10(2)13)12(15)7-11-5-4-6-14(8-11)18(3,16)17/h9-11H,4-8,13H2,1-3H3. The third kappa shape index (κ3) is 4.33. The van der Waals surface area contributed by atoms with E-state index in [9.17, 15) is 13.2 Å². The van der Waals surface area contributed by atoms with Gasteiger partial charge in [0, 0.05) is 31.5 Å². The van der Waals surface area contributed by atoms with Gasteiger partial charge in [-0.25, -0.2) is 12.7 Å². The molecule has 0 aromatic carbocycles. The molecular formula is C12H24N2O3S. The Hall–Kier alpha value is -0.460. The molecule has 106 valence electrons. The third-order valence-corrected chi connectivity index (χ3v) is 5.01. The van der Waals surface area contributed by atoms with Crippen LogP contribution in [0.5, 0.6) is 0 Å². The number of hydrogen-bond acceptors (Lipinski definition) is 4. The average Bonchev–Trinajstić information content (AvgIpc) is 2.27. The van der Waals surface area contributed by atoms with Crippen molar-refractivity contribution >= 4 is 15.8 Å². The second kappa shape index (κ2) is 6.12. The number of nitrogens with zero attached hydrogens (tertiary/aromatic N) is 1. The highest BCUT2D eigenvalue weighted by molar-refractivity contribution is 7.88. The van der Waals surface area contributed by atoms with E-state index in [2.05, 4.69) is 0 Å². The van der Waals surface area contributed by atoms with Crippen LogP contribution in [0.25, 0.3) is 0 Å². The van der Waals surface area contributed by atoms with Crippen molar-refractivity contribution in [3.8, 4) is 0 Å². The molecule has 1 rings (SSSR count). The Morgan fingerprint density at radius 2 is 2.06 bits per heavy atom. The fraction of sp³-hybridized carbons (Fsp3) is 0.917. The number of nitrogens with two attached hydrogens (primary N) is 1. The maximum Gasteiger partial charge on any atom is 0.211 e. The first-order chi connectivity index (χ1) is 8.21. The maximum absolute atomic E-state index is 12.0. The first-order valence-electron chi connectivity index (χ1n) is 6.45. The van der Waals surface area contributed by atoms with Gasteiger partial charge in [0.25, 0.3) is 0 Å². The number of piperidine rings is 1. The molecule has 1 fully saturated rings. The smallest absolute Gasteiger partial charge is 0.211 e. The summed E-state index contributed by atoms with van der Waals surface area (Å²) >= 11 is 0. The predicted molar refractivity (Wildman–Crippen MR) is 71.6 cm³/mol. The van der Waals surface area contributed by atoms with Gasteiger partial charge in [-0.2, -0.15) is 0 Å². The second-order valence-corrected chi connectivity index (χ2v) is 7.43. The van der Waals surface area contributed by atoms with Gasteiger partial charge in [0.1, 0.15) is 5.78 Å². The van der Waals surface area contributed by atoms with Gasteiger partial charge in [-0.1, -0.05) is 6.92 Å². The lowest BCUT2D eigenvalue weighted by atomic mass is 9.88. The lowest BCUT2D eigenvalue weighted by Gasteiger charge is -2.31. The largest absolute Gasteiger partial charge is 0.327 e. The third-order valence-electron chi connectivity index (χ3n) is 3.74. The summed E-state index contributed by atoms with van der Waals surface area (Å²) < 4.78 is 24.4. The quantitative estimate of drug-likeness (QED) is 0.797. The number of hydrogen-bond donors (Lipinski definition) is 1. The fourth-order valence-electron chi connectivity index (χ4n) is 2.26. The normalized spacial score (nSPS) is 25.7. The summed E-state index contributed by atoms with van der Waals surface area (Å²) in [6, 6.07) is -0.146. The van der Waals surface area contributed by atoms with E-state index in [-0.39, 0.29) is 23.7 Å². The van der Waals surface area contributed by atoms with E-state index in [1.807, 2.05) is 13.8 Å². The van der Waals surface area contributed by atoms with E-state index in [1.54, 1.807) is 0 Å². The predicted octanol–water partition coefficient (Wildman–Crippen LogP) is 0.601. The minimum absolute atomic E-state index is 0.141. The molecule has 5 nitrogen and oxygen atoms in total. The van der Waals surface area contributed by atoms with E-state index >= 15 is 0 Å². The van der Waals surface area contributed by atoms with Gasteiger partial charge in [-0.15, -0.1) is 0 Å². The zero-order valence-electron chi connectivity index (χ0n) is 11.4. The number of carbonyl (C=O) groups is 1. The average molecular weight is 276 g/mol. The van der Waals surface area contributed by atoms with Crippen LogP contribution in [0.3, 0.4) is 0 Å². The molecule has 1 aliphatic heterocycles. The van der Waals surface area contributed by atoms with Gasteiger partial charge in [0.15, 0.2) is 0 Å². The number of rotatable bonds is 5. The molecule has 3 atom stereocenters. The van der Waals surface area contributed by atoms with Gasteiger partial charge in [-0.3, -0.25) is 4.79 Å². The molecule has 2 N–H and O–H groups in total. The summed E-state index contributed by atoms with van der Waals surface area (Å²) in [4.78, 5) is 12.0. The van der Waals surface area contributed by atoms with Gasteiger partial charge < -0.3 is 5.73 Å². The Bertz CT molecular complexity index is 392. The van der Waals surface area contributed by atoms with Crippen molar-refractivity contribution in [3.05, 3.63) is 0 Å². The molecule has 18 heavy (non-hydrogen) atoms. The van der Waals surface area contributed by atoms with Crippen LogP contribution in [0.4, 0.5) is 0 Å². The van der Waals surface area contributed by atoms with E-state index < -0.39 is 10.0 Å². The molecule has 3 unspecified atom stereocenters. The maximum atomic E-state index is 12.0. The monoisotopic (exact) mass is 276 g/mol. The lowest BCUT2D eigenvalue weighted by Crippen LogP contribution is -2.41. The van der Waals surface area contributed by atoms with Crippen molar-refractivity contribution in [2.24, 2.45) is 17.6 Å². The Labute approximate surface area is 110 Å². The molecule has 1 aliphatic rings. The van der Waals surface area contributed by atoms with Crippen molar-refractivity contribution in [1.82, 2.24) is 4.31 Å². The van der Waals surface area contributed by atoms with Crippen LogP contribution in [0.15, 0.2) is 0 Å². The van der Waals surface area contributed by atoms with E-state index in [1.165, 1.54) is 10.6 Å². The van der Waals surface area contributed by atoms with Crippen molar-refractivity contribution in [1.29, 1.82) is 0 Å². The van der Waals surface area contributed by atoms with Gasteiger partial charge in [0.05, 0.1) is 6.26 Å². The minimum Gasteiger partial charge on any atom is -0.327 e. The molecule has 1 saturated heterocycles. The summed E-state index contributed by atoms with van der Waals surface area (Å²) in [5.74, 6) is 0.131.